The van der Waals surface area contributed by atoms with E-state index in [1.807, 2.05) is 13.2 Å². The van der Waals surface area contributed by atoms with E-state index >= 15 is 0 Å². The molecule has 1 aromatic heterocycles. The molecule has 0 bridgehead atoms. The number of carbonyl (C=O) groups excluding carboxylic acids is 2. The largest absolute Gasteiger partial charge is 0.299 e. The third-order valence-corrected chi connectivity index (χ3v) is 2.55. The average molecular weight is 238 g/mol. The van der Waals surface area contributed by atoms with Crippen LogP contribution in [0.15, 0.2) is 17.4 Å². The number of thioether (sulfide) groups is 1. The Morgan fingerprint density at radius 2 is 2.19 bits per heavy atom. The number of Topliss-reactive ketones (excluding diaryl/α,β-unsaturated/α-hetero) is 2. The van der Waals surface area contributed by atoms with E-state index in [4.69, 9.17) is 0 Å². The average Bonchev–Trinajstić information content (AvgIpc) is 2.29. The van der Waals surface area contributed by atoms with Crippen molar-refractivity contribution in [2.24, 2.45) is 0 Å². The lowest BCUT2D eigenvalue weighted by atomic mass is 10.1. The summed E-state index contributed by atoms with van der Waals surface area (Å²) in [6.07, 6.45) is 4.54. The van der Waals surface area contributed by atoms with Crippen LogP contribution in [0.2, 0.25) is 0 Å². The van der Waals surface area contributed by atoms with E-state index in [1.54, 1.807) is 6.07 Å². The third kappa shape index (κ3) is 3.73. The van der Waals surface area contributed by atoms with E-state index in [0.29, 0.717) is 17.3 Å². The first-order valence-corrected chi connectivity index (χ1v) is 6.31. The van der Waals surface area contributed by atoms with Gasteiger partial charge in [0, 0.05) is 12.6 Å². The summed E-state index contributed by atoms with van der Waals surface area (Å²) in [6, 6.07) is 1.54. The standard InChI is InChI=1S/C11H14N2O2S/c1-3-4-8(14)7-10(15)9-5-6-12-11(13-9)16-2/h5-6H,3-4,7H2,1-2H3. The van der Waals surface area contributed by atoms with Gasteiger partial charge in [-0.1, -0.05) is 18.7 Å². The lowest BCUT2D eigenvalue weighted by Gasteiger charge is -2.00. The number of hydrogen-bond donors (Lipinski definition) is 0. The van der Waals surface area contributed by atoms with Crippen LogP contribution in [0.25, 0.3) is 0 Å². The van der Waals surface area contributed by atoms with Gasteiger partial charge in [0.1, 0.15) is 11.5 Å². The molecule has 1 heterocycles. The minimum absolute atomic E-state index is 0.0307. The zero-order valence-electron chi connectivity index (χ0n) is 9.40. The summed E-state index contributed by atoms with van der Waals surface area (Å²) in [5.74, 6) is -0.257. The van der Waals surface area contributed by atoms with E-state index in [1.165, 1.54) is 18.0 Å². The topological polar surface area (TPSA) is 59.9 Å². The molecule has 1 aromatic rings. The molecule has 0 fully saturated rings. The summed E-state index contributed by atoms with van der Waals surface area (Å²) in [7, 11) is 0. The summed E-state index contributed by atoms with van der Waals surface area (Å²) < 4.78 is 0. The summed E-state index contributed by atoms with van der Waals surface area (Å²) >= 11 is 1.37. The van der Waals surface area contributed by atoms with Crippen LogP contribution in [0.1, 0.15) is 36.7 Å². The number of carbonyl (C=O) groups is 2. The van der Waals surface area contributed by atoms with E-state index in [9.17, 15) is 9.59 Å². The molecule has 16 heavy (non-hydrogen) atoms. The van der Waals surface area contributed by atoms with Crippen molar-refractivity contribution in [1.29, 1.82) is 0 Å². The normalized spacial score (nSPS) is 10.1. The van der Waals surface area contributed by atoms with Gasteiger partial charge in [0.15, 0.2) is 10.9 Å². The highest BCUT2D eigenvalue weighted by Gasteiger charge is 2.12. The SMILES string of the molecule is CCCC(=O)CC(=O)c1ccnc(SC)n1. The zero-order chi connectivity index (χ0) is 12.0. The van der Waals surface area contributed by atoms with Crippen molar-refractivity contribution in [3.05, 3.63) is 18.0 Å². The van der Waals surface area contributed by atoms with Crippen LogP contribution in [0.3, 0.4) is 0 Å². The molecule has 0 spiro atoms. The Bertz CT molecular complexity index is 393. The molecular formula is C11H14N2O2S. The predicted octanol–water partition coefficient (Wildman–Crippen LogP) is 2.14. The number of hydrogen-bond acceptors (Lipinski definition) is 5. The van der Waals surface area contributed by atoms with Crippen molar-refractivity contribution in [1.82, 2.24) is 9.97 Å². The van der Waals surface area contributed by atoms with Gasteiger partial charge in [0.05, 0.1) is 6.42 Å². The van der Waals surface area contributed by atoms with E-state index < -0.39 is 0 Å². The molecule has 0 aliphatic carbocycles. The molecule has 5 heteroatoms. The zero-order valence-corrected chi connectivity index (χ0v) is 10.2. The first-order chi connectivity index (χ1) is 7.67. The van der Waals surface area contributed by atoms with Crippen molar-refractivity contribution >= 4 is 23.3 Å². The van der Waals surface area contributed by atoms with Crippen molar-refractivity contribution in [3.63, 3.8) is 0 Å². The molecule has 86 valence electrons. The molecule has 0 aliphatic heterocycles. The van der Waals surface area contributed by atoms with Crippen molar-refractivity contribution < 1.29 is 9.59 Å². The van der Waals surface area contributed by atoms with Crippen LogP contribution in [-0.4, -0.2) is 27.8 Å². The number of ketones is 2. The Hall–Kier alpha value is -1.23. The molecule has 4 nitrogen and oxygen atoms in total. The Morgan fingerprint density at radius 1 is 1.44 bits per heavy atom. The summed E-state index contributed by atoms with van der Waals surface area (Å²) in [6.45, 7) is 1.92. The number of nitrogens with zero attached hydrogens (tertiary/aromatic N) is 2. The lowest BCUT2D eigenvalue weighted by molar-refractivity contribution is -0.118. The number of rotatable bonds is 6. The quantitative estimate of drug-likeness (QED) is 0.329. The van der Waals surface area contributed by atoms with Crippen LogP contribution < -0.4 is 0 Å². The van der Waals surface area contributed by atoms with E-state index in [-0.39, 0.29) is 18.0 Å². The summed E-state index contributed by atoms with van der Waals surface area (Å²) in [4.78, 5) is 31.0. The molecule has 0 radical (unpaired) electrons. The van der Waals surface area contributed by atoms with Crippen LogP contribution >= 0.6 is 11.8 Å². The smallest absolute Gasteiger partial charge is 0.188 e. The monoisotopic (exact) mass is 238 g/mol. The molecule has 0 saturated heterocycles. The van der Waals surface area contributed by atoms with Gasteiger partial charge in [0.2, 0.25) is 0 Å². The van der Waals surface area contributed by atoms with Gasteiger partial charge in [-0.15, -0.1) is 0 Å². The minimum atomic E-state index is -0.226. The summed E-state index contributed by atoms with van der Waals surface area (Å²) in [5.41, 5.74) is 0.323. The van der Waals surface area contributed by atoms with Crippen LogP contribution in [0.4, 0.5) is 0 Å². The molecular weight excluding hydrogens is 224 g/mol. The van der Waals surface area contributed by atoms with Crippen molar-refractivity contribution in [3.8, 4) is 0 Å². The maximum Gasteiger partial charge on any atom is 0.188 e. The Balaban J connectivity index is 2.69. The highest BCUT2D eigenvalue weighted by molar-refractivity contribution is 7.98. The van der Waals surface area contributed by atoms with E-state index in [2.05, 4.69) is 9.97 Å². The van der Waals surface area contributed by atoms with Gasteiger partial charge in [0.25, 0.3) is 0 Å². The van der Waals surface area contributed by atoms with Crippen molar-refractivity contribution in [2.75, 3.05) is 6.26 Å². The van der Waals surface area contributed by atoms with Gasteiger partial charge >= 0.3 is 0 Å². The highest BCUT2D eigenvalue weighted by atomic mass is 32.2. The fourth-order valence-corrected chi connectivity index (χ4v) is 1.59. The first-order valence-electron chi connectivity index (χ1n) is 5.09. The van der Waals surface area contributed by atoms with Crippen LogP contribution in [0, 0.1) is 0 Å². The molecule has 0 aliphatic rings. The van der Waals surface area contributed by atoms with Crippen LogP contribution in [-0.2, 0) is 4.79 Å². The van der Waals surface area contributed by atoms with Gasteiger partial charge < -0.3 is 0 Å². The molecule has 1 rings (SSSR count). The second kappa shape index (κ2) is 6.37. The molecule has 0 N–H and O–H groups in total. The molecule has 0 amide bonds. The summed E-state index contributed by atoms with van der Waals surface area (Å²) in [5, 5.41) is 0.550. The Labute approximate surface area is 98.9 Å². The molecule has 0 aromatic carbocycles. The van der Waals surface area contributed by atoms with Crippen molar-refractivity contribution in [2.45, 2.75) is 31.3 Å². The molecule has 0 saturated carbocycles. The maximum absolute atomic E-state index is 11.7. The molecule has 0 unspecified atom stereocenters. The van der Waals surface area contributed by atoms with Gasteiger partial charge in [-0.05, 0) is 18.7 Å². The van der Waals surface area contributed by atoms with E-state index in [0.717, 1.165) is 6.42 Å². The van der Waals surface area contributed by atoms with Gasteiger partial charge in [-0.2, -0.15) is 0 Å². The fourth-order valence-electron chi connectivity index (χ4n) is 1.23. The Morgan fingerprint density at radius 3 is 2.81 bits per heavy atom. The van der Waals surface area contributed by atoms with Gasteiger partial charge in [-0.25, -0.2) is 9.97 Å². The first kappa shape index (κ1) is 12.8. The second-order valence-corrected chi connectivity index (χ2v) is 4.09. The molecule has 0 atom stereocenters. The predicted molar refractivity (Wildman–Crippen MR) is 62.7 cm³/mol. The minimum Gasteiger partial charge on any atom is -0.299 e. The van der Waals surface area contributed by atoms with Crippen LogP contribution in [0.5, 0.6) is 0 Å². The maximum atomic E-state index is 11.7. The fraction of sp³-hybridized carbons (Fsp3) is 0.455. The highest BCUT2D eigenvalue weighted by Crippen LogP contribution is 2.09. The third-order valence-electron chi connectivity index (χ3n) is 1.99. The second-order valence-electron chi connectivity index (χ2n) is 3.32. The number of aromatic nitrogens is 2. The lowest BCUT2D eigenvalue weighted by Crippen LogP contribution is -2.10. The van der Waals surface area contributed by atoms with Gasteiger partial charge in [-0.3, -0.25) is 9.59 Å². The Kier molecular flexibility index (Phi) is 5.11.